The molecule has 124 valence electrons. The van der Waals surface area contributed by atoms with Crippen LogP contribution in [0.2, 0.25) is 0 Å². The van der Waals surface area contributed by atoms with Gasteiger partial charge in [0.25, 0.3) is 0 Å². The average molecular weight is 345 g/mol. The van der Waals surface area contributed by atoms with Crippen molar-refractivity contribution in [3.05, 3.63) is 24.3 Å². The first kappa shape index (κ1) is 17.7. The zero-order valence-electron chi connectivity index (χ0n) is 13.3. The number of hydrogen-bond acceptors (Lipinski definition) is 5. The zero-order valence-corrected chi connectivity index (χ0v) is 15.0. The van der Waals surface area contributed by atoms with Gasteiger partial charge in [-0.2, -0.15) is 4.31 Å². The van der Waals surface area contributed by atoms with Crippen molar-refractivity contribution in [2.24, 2.45) is 0 Å². The molecule has 0 aliphatic carbocycles. The number of rotatable bonds is 5. The van der Waals surface area contributed by atoms with Crippen molar-refractivity contribution in [3.8, 4) is 0 Å². The Morgan fingerprint density at radius 2 is 1.77 bits per heavy atom. The van der Waals surface area contributed by atoms with Gasteiger partial charge in [-0.1, -0.05) is 0 Å². The van der Waals surface area contributed by atoms with E-state index in [4.69, 9.17) is 0 Å². The van der Waals surface area contributed by atoms with Crippen LogP contribution in [0.5, 0.6) is 0 Å². The lowest BCUT2D eigenvalue weighted by molar-refractivity contribution is -0.0234. The van der Waals surface area contributed by atoms with Gasteiger partial charge < -0.3 is 10.0 Å². The van der Waals surface area contributed by atoms with E-state index in [0.717, 1.165) is 4.90 Å². The third-order valence-corrected chi connectivity index (χ3v) is 6.62. The van der Waals surface area contributed by atoms with Crippen LogP contribution in [0.4, 0.5) is 0 Å². The van der Waals surface area contributed by atoms with Crippen molar-refractivity contribution >= 4 is 21.8 Å². The Kier molecular flexibility index (Phi) is 5.55. The lowest BCUT2D eigenvalue weighted by atomic mass is 9.92. The summed E-state index contributed by atoms with van der Waals surface area (Å²) >= 11 is 1.58. The molecule has 0 bridgehead atoms. The second-order valence-electron chi connectivity index (χ2n) is 6.04. The SMILES string of the molecule is CSc1ccc(S(=O)(=O)N2CCC(O)(CN(C)C)CC2)cc1. The fourth-order valence-electron chi connectivity index (χ4n) is 2.79. The van der Waals surface area contributed by atoms with E-state index in [1.165, 1.54) is 4.31 Å². The van der Waals surface area contributed by atoms with Crippen molar-refractivity contribution in [1.29, 1.82) is 0 Å². The van der Waals surface area contributed by atoms with E-state index in [0.29, 0.717) is 37.4 Å². The van der Waals surface area contributed by atoms with Gasteiger partial charge in [0.1, 0.15) is 0 Å². The van der Waals surface area contributed by atoms with E-state index in [1.807, 2.05) is 37.4 Å². The number of likely N-dealkylation sites (N-methyl/N-ethyl adjacent to an activating group) is 1. The van der Waals surface area contributed by atoms with Crippen molar-refractivity contribution in [1.82, 2.24) is 9.21 Å². The number of sulfonamides is 1. The molecule has 1 aromatic carbocycles. The summed E-state index contributed by atoms with van der Waals surface area (Å²) < 4.78 is 26.8. The monoisotopic (exact) mass is 344 g/mol. The van der Waals surface area contributed by atoms with E-state index < -0.39 is 15.6 Å². The van der Waals surface area contributed by atoms with Crippen molar-refractivity contribution in [3.63, 3.8) is 0 Å². The summed E-state index contributed by atoms with van der Waals surface area (Å²) in [6.45, 7) is 1.28. The van der Waals surface area contributed by atoms with Crippen LogP contribution in [0.1, 0.15) is 12.8 Å². The summed E-state index contributed by atoms with van der Waals surface area (Å²) in [5, 5.41) is 10.5. The Balaban J connectivity index is 2.08. The molecule has 1 aliphatic heterocycles. The number of thioether (sulfide) groups is 1. The van der Waals surface area contributed by atoms with Crippen LogP contribution in [0.3, 0.4) is 0 Å². The Morgan fingerprint density at radius 1 is 1.23 bits per heavy atom. The van der Waals surface area contributed by atoms with Gasteiger partial charge in [0, 0.05) is 24.5 Å². The van der Waals surface area contributed by atoms with E-state index in [-0.39, 0.29) is 0 Å². The smallest absolute Gasteiger partial charge is 0.243 e. The fraction of sp³-hybridized carbons (Fsp3) is 0.600. The maximum atomic E-state index is 12.6. The standard InChI is InChI=1S/C15H24N2O3S2/c1-16(2)12-15(18)8-10-17(11-9-15)22(19,20)14-6-4-13(21-3)5-7-14/h4-7,18H,8-12H2,1-3H3. The lowest BCUT2D eigenvalue weighted by Gasteiger charge is -2.38. The van der Waals surface area contributed by atoms with Crippen LogP contribution in [0.15, 0.2) is 34.1 Å². The van der Waals surface area contributed by atoms with Gasteiger partial charge in [0.15, 0.2) is 0 Å². The highest BCUT2D eigenvalue weighted by molar-refractivity contribution is 7.98. The maximum absolute atomic E-state index is 12.6. The molecule has 0 atom stereocenters. The molecule has 0 radical (unpaired) electrons. The highest BCUT2D eigenvalue weighted by Crippen LogP contribution is 2.28. The molecule has 0 spiro atoms. The van der Waals surface area contributed by atoms with Gasteiger partial charge >= 0.3 is 0 Å². The summed E-state index contributed by atoms with van der Waals surface area (Å²) in [4.78, 5) is 3.30. The summed E-state index contributed by atoms with van der Waals surface area (Å²) in [5.41, 5.74) is -0.793. The molecule has 0 saturated carbocycles. The summed E-state index contributed by atoms with van der Waals surface area (Å²) in [5.74, 6) is 0. The molecule has 1 saturated heterocycles. The third kappa shape index (κ3) is 4.02. The van der Waals surface area contributed by atoms with E-state index >= 15 is 0 Å². The third-order valence-electron chi connectivity index (χ3n) is 3.96. The Morgan fingerprint density at radius 3 is 2.23 bits per heavy atom. The quantitative estimate of drug-likeness (QED) is 0.820. The first-order valence-corrected chi connectivity index (χ1v) is 9.95. The minimum absolute atomic E-state index is 0.323. The largest absolute Gasteiger partial charge is 0.388 e. The molecule has 1 N–H and O–H groups in total. The summed E-state index contributed by atoms with van der Waals surface area (Å²) in [6, 6.07) is 6.96. The molecule has 0 unspecified atom stereocenters. The highest BCUT2D eigenvalue weighted by atomic mass is 32.2. The van der Waals surface area contributed by atoms with Crippen LogP contribution in [0.25, 0.3) is 0 Å². The molecular formula is C15H24N2O3S2. The molecule has 5 nitrogen and oxygen atoms in total. The normalized spacial score (nSPS) is 19.5. The maximum Gasteiger partial charge on any atom is 0.243 e. The number of aliphatic hydroxyl groups is 1. The number of nitrogens with zero attached hydrogens (tertiary/aromatic N) is 2. The number of hydrogen-bond donors (Lipinski definition) is 1. The Labute approximate surface area is 137 Å². The summed E-state index contributed by atoms with van der Waals surface area (Å²) in [7, 11) is 0.356. The van der Waals surface area contributed by atoms with Crippen LogP contribution in [0, 0.1) is 0 Å². The predicted octanol–water partition coefficient (Wildman–Crippen LogP) is 1.49. The van der Waals surface area contributed by atoms with Crippen LogP contribution in [-0.4, -0.2) is 68.3 Å². The zero-order chi connectivity index (χ0) is 16.4. The highest BCUT2D eigenvalue weighted by Gasteiger charge is 2.37. The molecule has 1 aliphatic rings. The van der Waals surface area contributed by atoms with Gasteiger partial charge in [-0.15, -0.1) is 11.8 Å². The first-order chi connectivity index (χ1) is 10.3. The van der Waals surface area contributed by atoms with E-state index in [9.17, 15) is 13.5 Å². The number of piperidine rings is 1. The summed E-state index contributed by atoms with van der Waals surface area (Å²) in [6.07, 6.45) is 2.89. The van der Waals surface area contributed by atoms with Crippen molar-refractivity contribution < 1.29 is 13.5 Å². The molecule has 2 rings (SSSR count). The lowest BCUT2D eigenvalue weighted by Crippen LogP contribution is -2.50. The molecule has 1 fully saturated rings. The van der Waals surface area contributed by atoms with Gasteiger partial charge in [-0.3, -0.25) is 0 Å². The van der Waals surface area contributed by atoms with Crippen LogP contribution < -0.4 is 0 Å². The molecular weight excluding hydrogens is 320 g/mol. The second-order valence-corrected chi connectivity index (χ2v) is 8.86. The Bertz CT molecular complexity index is 592. The van der Waals surface area contributed by atoms with Gasteiger partial charge in [0.05, 0.1) is 10.5 Å². The first-order valence-electron chi connectivity index (χ1n) is 7.28. The Hall–Kier alpha value is -0.600. The van der Waals surface area contributed by atoms with E-state index in [2.05, 4.69) is 0 Å². The van der Waals surface area contributed by atoms with Gasteiger partial charge in [0.2, 0.25) is 10.0 Å². The van der Waals surface area contributed by atoms with E-state index in [1.54, 1.807) is 23.9 Å². The topological polar surface area (TPSA) is 60.9 Å². The molecule has 0 amide bonds. The minimum Gasteiger partial charge on any atom is -0.388 e. The van der Waals surface area contributed by atoms with Crippen LogP contribution in [-0.2, 0) is 10.0 Å². The van der Waals surface area contributed by atoms with Gasteiger partial charge in [-0.05, 0) is 57.5 Å². The van der Waals surface area contributed by atoms with Gasteiger partial charge in [-0.25, -0.2) is 8.42 Å². The molecule has 22 heavy (non-hydrogen) atoms. The fourth-order valence-corrected chi connectivity index (χ4v) is 4.64. The molecule has 1 aromatic rings. The van der Waals surface area contributed by atoms with Crippen molar-refractivity contribution in [2.75, 3.05) is 40.0 Å². The predicted molar refractivity (Wildman–Crippen MR) is 89.7 cm³/mol. The van der Waals surface area contributed by atoms with Crippen LogP contribution >= 0.6 is 11.8 Å². The molecule has 1 heterocycles. The average Bonchev–Trinajstić information content (AvgIpc) is 2.46. The second kappa shape index (κ2) is 6.88. The molecule has 7 heteroatoms. The van der Waals surface area contributed by atoms with Crippen molar-refractivity contribution in [2.45, 2.75) is 28.2 Å². The minimum atomic E-state index is -3.47. The molecule has 0 aromatic heterocycles. The number of benzene rings is 1.